The predicted octanol–water partition coefficient (Wildman–Crippen LogP) is 6.68. The number of carbonyl (C=O) groups excluding carboxylic acids is 1. The minimum Gasteiger partial charge on any atom is -0.487 e. The third-order valence-electron chi connectivity index (χ3n) is 4.56. The van der Waals surface area contributed by atoms with Crippen molar-refractivity contribution in [2.45, 2.75) is 20.0 Å². The molecule has 0 radical (unpaired) electrons. The lowest BCUT2D eigenvalue weighted by molar-refractivity contribution is -0.112. The highest BCUT2D eigenvalue weighted by atomic mass is 35.5. The smallest absolute Gasteiger partial charge is 0.266 e. The molecule has 31 heavy (non-hydrogen) atoms. The molecule has 0 saturated carbocycles. The van der Waals surface area contributed by atoms with Crippen LogP contribution in [-0.2, 0) is 17.8 Å². The van der Waals surface area contributed by atoms with Crippen LogP contribution >= 0.6 is 23.2 Å². The number of hydrogen-bond acceptors (Lipinski definition) is 3. The topological polar surface area (TPSA) is 62.1 Å². The zero-order valence-corrected chi connectivity index (χ0v) is 18.4. The van der Waals surface area contributed by atoms with Crippen molar-refractivity contribution in [3.8, 4) is 11.8 Å². The molecule has 0 aliphatic rings. The van der Waals surface area contributed by atoms with Crippen LogP contribution in [0.15, 0.2) is 72.3 Å². The average Bonchev–Trinajstić information content (AvgIpc) is 2.78. The van der Waals surface area contributed by atoms with Crippen LogP contribution < -0.4 is 10.1 Å². The second-order valence-corrected chi connectivity index (χ2v) is 7.62. The zero-order chi connectivity index (χ0) is 22.2. The molecule has 156 valence electrons. The lowest BCUT2D eigenvalue weighted by Crippen LogP contribution is -2.13. The molecule has 0 aromatic heterocycles. The fourth-order valence-corrected chi connectivity index (χ4v) is 3.17. The molecule has 6 heteroatoms. The van der Waals surface area contributed by atoms with Crippen LogP contribution in [0.3, 0.4) is 0 Å². The van der Waals surface area contributed by atoms with Gasteiger partial charge in [-0.05, 0) is 65.6 Å². The van der Waals surface area contributed by atoms with E-state index < -0.39 is 5.91 Å². The number of amides is 1. The lowest BCUT2D eigenvalue weighted by Gasteiger charge is -2.09. The molecule has 0 bridgehead atoms. The summed E-state index contributed by atoms with van der Waals surface area (Å²) in [5, 5.41) is 13.2. The lowest BCUT2D eigenvalue weighted by atomic mass is 10.1. The molecule has 3 rings (SSSR count). The summed E-state index contributed by atoms with van der Waals surface area (Å²) in [7, 11) is 0. The van der Waals surface area contributed by atoms with Gasteiger partial charge in [0.1, 0.15) is 24.0 Å². The minimum atomic E-state index is -0.481. The molecule has 0 aliphatic heterocycles. The first-order valence-electron chi connectivity index (χ1n) is 9.67. The number of rotatable bonds is 7. The number of carbonyl (C=O) groups is 1. The Balaban J connectivity index is 1.68. The number of anilines is 1. The van der Waals surface area contributed by atoms with Crippen LogP contribution in [0, 0.1) is 11.3 Å². The fourth-order valence-electron chi connectivity index (χ4n) is 2.80. The van der Waals surface area contributed by atoms with Crippen LogP contribution in [0.2, 0.25) is 10.0 Å². The van der Waals surface area contributed by atoms with Crippen molar-refractivity contribution in [1.29, 1.82) is 5.26 Å². The van der Waals surface area contributed by atoms with Crippen molar-refractivity contribution >= 4 is 40.9 Å². The van der Waals surface area contributed by atoms with E-state index in [1.54, 1.807) is 30.3 Å². The summed E-state index contributed by atoms with van der Waals surface area (Å²) in [4.78, 5) is 12.5. The van der Waals surface area contributed by atoms with Crippen LogP contribution in [-0.4, -0.2) is 5.91 Å². The number of nitrogens with zero attached hydrogens (tertiary/aromatic N) is 1. The van der Waals surface area contributed by atoms with Crippen LogP contribution in [0.5, 0.6) is 5.75 Å². The quantitative estimate of drug-likeness (QED) is 0.322. The van der Waals surface area contributed by atoms with Gasteiger partial charge >= 0.3 is 0 Å². The summed E-state index contributed by atoms with van der Waals surface area (Å²) in [5.74, 6) is 0.0266. The van der Waals surface area contributed by atoms with E-state index in [4.69, 9.17) is 27.9 Å². The largest absolute Gasteiger partial charge is 0.487 e. The van der Waals surface area contributed by atoms with Gasteiger partial charge in [-0.2, -0.15) is 5.26 Å². The Morgan fingerprint density at radius 2 is 1.71 bits per heavy atom. The van der Waals surface area contributed by atoms with E-state index in [2.05, 4.69) is 12.2 Å². The summed E-state index contributed by atoms with van der Waals surface area (Å²) in [5.41, 5.74) is 3.36. The van der Waals surface area contributed by atoms with Crippen molar-refractivity contribution in [2.75, 3.05) is 5.32 Å². The Bertz CT molecular complexity index is 1130. The first kappa shape index (κ1) is 22.4. The van der Waals surface area contributed by atoms with Crippen molar-refractivity contribution in [2.24, 2.45) is 0 Å². The predicted molar refractivity (Wildman–Crippen MR) is 125 cm³/mol. The second-order valence-electron chi connectivity index (χ2n) is 6.78. The summed E-state index contributed by atoms with van der Waals surface area (Å²) in [6, 6.07) is 21.9. The van der Waals surface area contributed by atoms with Gasteiger partial charge in [0.2, 0.25) is 0 Å². The van der Waals surface area contributed by atoms with Gasteiger partial charge in [0.25, 0.3) is 5.91 Å². The fraction of sp³-hybridized carbons (Fsp3) is 0.120. The third kappa shape index (κ3) is 6.36. The highest BCUT2D eigenvalue weighted by Gasteiger charge is 2.11. The molecule has 0 aliphatic carbocycles. The summed E-state index contributed by atoms with van der Waals surface area (Å²) in [6.45, 7) is 2.40. The van der Waals surface area contributed by atoms with E-state index in [-0.39, 0.29) is 5.57 Å². The van der Waals surface area contributed by atoms with E-state index >= 15 is 0 Å². The standard InChI is InChI=1S/C25H20Cl2N2O2/c1-2-17-5-10-22(11-6-17)29-25(30)20(15-28)13-19-7-12-24(23(27)14-19)31-16-18-3-8-21(26)9-4-18/h3-14H,2,16H2,1H3,(H,29,30)/b20-13+. The highest BCUT2D eigenvalue weighted by Crippen LogP contribution is 2.27. The number of benzene rings is 3. The Hall–Kier alpha value is -3.26. The van der Waals surface area contributed by atoms with E-state index in [1.165, 1.54) is 11.6 Å². The minimum absolute atomic E-state index is 0.0227. The number of hydrogen-bond donors (Lipinski definition) is 1. The molecular weight excluding hydrogens is 431 g/mol. The Kier molecular flexibility index (Phi) is 7.72. The number of halogens is 2. The maximum Gasteiger partial charge on any atom is 0.266 e. The molecule has 3 aromatic rings. The summed E-state index contributed by atoms with van der Waals surface area (Å²) < 4.78 is 5.75. The first-order valence-corrected chi connectivity index (χ1v) is 10.4. The molecular formula is C25H20Cl2N2O2. The van der Waals surface area contributed by atoms with Gasteiger partial charge in [0.05, 0.1) is 5.02 Å². The zero-order valence-electron chi connectivity index (χ0n) is 16.9. The monoisotopic (exact) mass is 450 g/mol. The molecule has 0 saturated heterocycles. The molecule has 0 heterocycles. The van der Waals surface area contributed by atoms with Crippen molar-refractivity contribution in [1.82, 2.24) is 0 Å². The van der Waals surface area contributed by atoms with Crippen LogP contribution in [0.25, 0.3) is 6.08 Å². The number of nitrogens with one attached hydrogen (secondary N) is 1. The Morgan fingerprint density at radius 1 is 1.03 bits per heavy atom. The van der Waals surface area contributed by atoms with E-state index in [1.807, 2.05) is 42.5 Å². The van der Waals surface area contributed by atoms with Gasteiger partial charge in [0.15, 0.2) is 0 Å². The van der Waals surface area contributed by atoms with E-state index in [0.29, 0.717) is 33.7 Å². The van der Waals surface area contributed by atoms with Gasteiger partial charge in [0, 0.05) is 10.7 Å². The molecule has 1 N–H and O–H groups in total. The average molecular weight is 451 g/mol. The normalized spacial score (nSPS) is 11.0. The number of ether oxygens (including phenoxy) is 1. The maximum atomic E-state index is 12.5. The van der Waals surface area contributed by atoms with E-state index in [9.17, 15) is 10.1 Å². The van der Waals surface area contributed by atoms with Gasteiger partial charge in [-0.1, -0.05) is 60.5 Å². The Morgan fingerprint density at radius 3 is 2.32 bits per heavy atom. The van der Waals surface area contributed by atoms with Crippen molar-refractivity contribution in [3.63, 3.8) is 0 Å². The van der Waals surface area contributed by atoms with Crippen LogP contribution in [0.4, 0.5) is 5.69 Å². The summed E-state index contributed by atoms with van der Waals surface area (Å²) >= 11 is 12.2. The SMILES string of the molecule is CCc1ccc(NC(=O)/C(C#N)=C/c2ccc(OCc3ccc(Cl)cc3)c(Cl)c2)cc1. The molecule has 3 aromatic carbocycles. The van der Waals surface area contributed by atoms with Gasteiger partial charge in [-0.25, -0.2) is 0 Å². The van der Waals surface area contributed by atoms with Gasteiger partial charge in [-0.15, -0.1) is 0 Å². The van der Waals surface area contributed by atoms with Crippen molar-refractivity contribution < 1.29 is 9.53 Å². The Labute approximate surface area is 191 Å². The van der Waals surface area contributed by atoms with Crippen LogP contribution in [0.1, 0.15) is 23.6 Å². The third-order valence-corrected chi connectivity index (χ3v) is 5.11. The number of aryl methyl sites for hydroxylation is 1. The first-order chi connectivity index (χ1) is 15.0. The van der Waals surface area contributed by atoms with Gasteiger partial charge < -0.3 is 10.1 Å². The van der Waals surface area contributed by atoms with E-state index in [0.717, 1.165) is 12.0 Å². The second kappa shape index (κ2) is 10.7. The number of nitriles is 1. The molecule has 0 atom stereocenters. The molecule has 4 nitrogen and oxygen atoms in total. The highest BCUT2D eigenvalue weighted by molar-refractivity contribution is 6.32. The van der Waals surface area contributed by atoms with Crippen molar-refractivity contribution in [3.05, 3.63) is 99.0 Å². The molecule has 0 fully saturated rings. The maximum absolute atomic E-state index is 12.5. The molecule has 0 unspecified atom stereocenters. The molecule has 0 spiro atoms. The summed E-state index contributed by atoms with van der Waals surface area (Å²) in [6.07, 6.45) is 2.41. The van der Waals surface area contributed by atoms with Gasteiger partial charge in [-0.3, -0.25) is 4.79 Å². The molecule has 1 amide bonds.